The van der Waals surface area contributed by atoms with Gasteiger partial charge in [0.05, 0.1) is 12.7 Å². The van der Waals surface area contributed by atoms with E-state index in [1.54, 1.807) is 42.5 Å². The number of hydrogen-bond donors (Lipinski definition) is 2. The number of cyclic esters (lactones) is 1. The molecule has 0 saturated carbocycles. The molecule has 6 nitrogen and oxygen atoms in total. The molecular formula is C28H27ClFNO5. The first kappa shape index (κ1) is 25.7. The van der Waals surface area contributed by atoms with Crippen LogP contribution in [0.3, 0.4) is 0 Å². The lowest BCUT2D eigenvalue weighted by Gasteiger charge is -2.36. The summed E-state index contributed by atoms with van der Waals surface area (Å²) in [6, 6.07) is 15.9. The molecule has 8 heteroatoms. The summed E-state index contributed by atoms with van der Waals surface area (Å²) >= 11 is 6.37. The highest BCUT2D eigenvalue weighted by Crippen LogP contribution is 2.40. The average Bonchev–Trinajstić information content (AvgIpc) is 3.20. The summed E-state index contributed by atoms with van der Waals surface area (Å²) in [5.41, 5.74) is -0.196. The minimum Gasteiger partial charge on any atom is -0.496 e. The maximum atomic E-state index is 14.2. The molecule has 0 saturated heterocycles. The van der Waals surface area contributed by atoms with Gasteiger partial charge in [-0.3, -0.25) is 4.79 Å². The van der Waals surface area contributed by atoms with Gasteiger partial charge in [-0.1, -0.05) is 43.6 Å². The van der Waals surface area contributed by atoms with Crippen molar-refractivity contribution < 1.29 is 28.6 Å². The van der Waals surface area contributed by atoms with Crippen molar-refractivity contribution in [1.82, 2.24) is 0 Å². The molecule has 1 aliphatic heterocycles. The number of aliphatic hydroxyl groups is 1. The zero-order chi connectivity index (χ0) is 26.1. The van der Waals surface area contributed by atoms with E-state index in [0.717, 1.165) is 0 Å². The highest BCUT2D eigenvalue weighted by Gasteiger charge is 2.43. The average molecular weight is 512 g/mol. The van der Waals surface area contributed by atoms with Crippen molar-refractivity contribution in [1.29, 1.82) is 0 Å². The first-order valence-electron chi connectivity index (χ1n) is 11.4. The number of carbonyl (C=O) groups is 2. The van der Waals surface area contributed by atoms with E-state index in [0.29, 0.717) is 38.7 Å². The predicted octanol–water partition coefficient (Wildman–Crippen LogP) is 5.44. The first-order valence-corrected chi connectivity index (χ1v) is 11.8. The third-order valence-electron chi connectivity index (χ3n) is 6.43. The van der Waals surface area contributed by atoms with Crippen LogP contribution in [0, 0.1) is 5.82 Å². The van der Waals surface area contributed by atoms with Crippen molar-refractivity contribution in [2.45, 2.75) is 44.3 Å². The van der Waals surface area contributed by atoms with Gasteiger partial charge in [0.25, 0.3) is 5.91 Å². The topological polar surface area (TPSA) is 84.9 Å². The van der Waals surface area contributed by atoms with Gasteiger partial charge >= 0.3 is 5.97 Å². The summed E-state index contributed by atoms with van der Waals surface area (Å²) in [6.45, 7) is 3.75. The van der Waals surface area contributed by atoms with Gasteiger partial charge in [-0.05, 0) is 59.9 Å². The van der Waals surface area contributed by atoms with E-state index in [1.807, 2.05) is 13.8 Å². The molecule has 188 valence electrons. The molecule has 1 amide bonds. The number of halogens is 2. The Bertz CT molecular complexity index is 1330. The summed E-state index contributed by atoms with van der Waals surface area (Å²) < 4.78 is 24.6. The van der Waals surface area contributed by atoms with E-state index < -0.39 is 28.7 Å². The van der Waals surface area contributed by atoms with E-state index >= 15 is 0 Å². The zero-order valence-electron chi connectivity index (χ0n) is 20.2. The zero-order valence-corrected chi connectivity index (χ0v) is 21.0. The lowest BCUT2D eigenvalue weighted by atomic mass is 9.72. The predicted molar refractivity (Wildman–Crippen MR) is 135 cm³/mol. The molecule has 3 aromatic rings. The van der Waals surface area contributed by atoms with Gasteiger partial charge in [0.15, 0.2) is 0 Å². The van der Waals surface area contributed by atoms with Crippen LogP contribution in [0.25, 0.3) is 0 Å². The van der Waals surface area contributed by atoms with Crippen LogP contribution in [0.4, 0.5) is 10.1 Å². The van der Waals surface area contributed by atoms with Crippen LogP contribution in [-0.2, 0) is 28.0 Å². The number of carbonyl (C=O) groups excluding carboxylic acids is 2. The van der Waals surface area contributed by atoms with Crippen molar-refractivity contribution in [3.63, 3.8) is 0 Å². The second-order valence-corrected chi connectivity index (χ2v) is 10.0. The van der Waals surface area contributed by atoms with E-state index in [4.69, 9.17) is 21.1 Å². The van der Waals surface area contributed by atoms with Crippen molar-refractivity contribution >= 4 is 29.2 Å². The van der Waals surface area contributed by atoms with Crippen LogP contribution in [-0.4, -0.2) is 29.7 Å². The minimum absolute atomic E-state index is 0.0661. The second-order valence-electron chi connectivity index (χ2n) is 9.61. The molecule has 0 aliphatic carbocycles. The van der Waals surface area contributed by atoms with Gasteiger partial charge < -0.3 is 19.9 Å². The molecule has 0 aromatic heterocycles. The summed E-state index contributed by atoms with van der Waals surface area (Å²) in [6.07, 6.45) is -0.143. The Morgan fingerprint density at radius 1 is 1.17 bits per heavy atom. The molecular weight excluding hydrogens is 485 g/mol. The molecule has 2 N–H and O–H groups in total. The van der Waals surface area contributed by atoms with E-state index in [1.165, 1.54) is 25.3 Å². The van der Waals surface area contributed by atoms with Gasteiger partial charge in [0.2, 0.25) is 0 Å². The third kappa shape index (κ3) is 5.22. The monoisotopic (exact) mass is 511 g/mol. The number of amides is 1. The summed E-state index contributed by atoms with van der Waals surface area (Å²) in [5.74, 6) is -1.07. The highest BCUT2D eigenvalue weighted by molar-refractivity contribution is 6.31. The van der Waals surface area contributed by atoms with Crippen molar-refractivity contribution in [2.75, 3.05) is 12.4 Å². The third-order valence-corrected chi connectivity index (χ3v) is 6.80. The maximum Gasteiger partial charge on any atom is 0.338 e. The van der Waals surface area contributed by atoms with Gasteiger partial charge in [-0.25, -0.2) is 9.18 Å². The van der Waals surface area contributed by atoms with E-state index in [9.17, 15) is 19.1 Å². The Morgan fingerprint density at radius 3 is 2.64 bits per heavy atom. The first-order chi connectivity index (χ1) is 17.0. The lowest BCUT2D eigenvalue weighted by molar-refractivity contribution is -0.136. The molecule has 0 fully saturated rings. The minimum atomic E-state index is -1.93. The SMILES string of the molecule is COc1ccc(F)cc1C(C)(C)CC(O)(Cc1ccccc1Cl)C(=O)Nc1ccc2c(c1)COC2=O. The molecule has 1 atom stereocenters. The second kappa shape index (κ2) is 9.91. The molecule has 1 aliphatic rings. The van der Waals surface area contributed by atoms with Crippen molar-refractivity contribution in [2.24, 2.45) is 0 Å². The Hall–Kier alpha value is -3.42. The number of benzene rings is 3. The molecule has 4 rings (SSSR count). The smallest absolute Gasteiger partial charge is 0.338 e. The Kier molecular flexibility index (Phi) is 7.07. The number of rotatable bonds is 8. The number of nitrogens with one attached hydrogen (secondary N) is 1. The summed E-state index contributed by atoms with van der Waals surface area (Å²) in [7, 11) is 1.48. The van der Waals surface area contributed by atoms with Gasteiger partial charge in [-0.2, -0.15) is 0 Å². The molecule has 3 aromatic carbocycles. The van der Waals surface area contributed by atoms with Crippen LogP contribution >= 0.6 is 11.6 Å². The normalized spacial score (nSPS) is 14.6. The molecule has 0 radical (unpaired) electrons. The van der Waals surface area contributed by atoms with E-state index in [2.05, 4.69) is 5.32 Å². The number of fused-ring (bicyclic) bond motifs is 1. The van der Waals surface area contributed by atoms with E-state index in [-0.39, 0.29) is 19.4 Å². The van der Waals surface area contributed by atoms with Crippen LogP contribution < -0.4 is 10.1 Å². The Labute approximate surface area is 214 Å². The highest BCUT2D eigenvalue weighted by atomic mass is 35.5. The summed E-state index contributed by atoms with van der Waals surface area (Å²) in [5, 5.41) is 15.1. The standard InChI is InChI=1S/C28H27ClFNO5/c1-27(2,22-13-19(30)8-11-24(22)35-3)16-28(34,14-17-6-4-5-7-23(17)29)26(33)31-20-9-10-21-18(12-20)15-36-25(21)32/h4-13,34H,14-16H2,1-3H3,(H,31,33). The number of ether oxygens (including phenoxy) is 2. The molecule has 36 heavy (non-hydrogen) atoms. The van der Waals surface area contributed by atoms with Crippen LogP contribution in [0.1, 0.15) is 47.3 Å². The number of hydrogen-bond acceptors (Lipinski definition) is 5. The number of methoxy groups -OCH3 is 1. The number of esters is 1. The van der Waals surface area contributed by atoms with Crippen LogP contribution in [0.15, 0.2) is 60.7 Å². The van der Waals surface area contributed by atoms with Gasteiger partial charge in [0, 0.05) is 28.3 Å². The van der Waals surface area contributed by atoms with Crippen LogP contribution in [0.2, 0.25) is 5.02 Å². The van der Waals surface area contributed by atoms with Gasteiger partial charge in [0.1, 0.15) is 23.8 Å². The van der Waals surface area contributed by atoms with Gasteiger partial charge in [-0.15, -0.1) is 0 Å². The van der Waals surface area contributed by atoms with Crippen LogP contribution in [0.5, 0.6) is 5.75 Å². The van der Waals surface area contributed by atoms with Crippen molar-refractivity contribution in [3.05, 3.63) is 93.8 Å². The lowest BCUT2D eigenvalue weighted by Crippen LogP contribution is -2.49. The Morgan fingerprint density at radius 2 is 1.92 bits per heavy atom. The fourth-order valence-electron chi connectivity index (χ4n) is 4.67. The molecule has 0 spiro atoms. The Balaban J connectivity index is 1.69. The molecule has 1 unspecified atom stereocenters. The number of anilines is 1. The largest absolute Gasteiger partial charge is 0.496 e. The molecule has 1 heterocycles. The fourth-order valence-corrected chi connectivity index (χ4v) is 4.88. The maximum absolute atomic E-state index is 14.2. The quantitative estimate of drug-likeness (QED) is 0.393. The summed E-state index contributed by atoms with van der Waals surface area (Å²) in [4.78, 5) is 25.4. The fraction of sp³-hybridized carbons (Fsp3) is 0.286. The molecule has 0 bridgehead atoms. The van der Waals surface area contributed by atoms with Crippen molar-refractivity contribution in [3.8, 4) is 5.75 Å².